The maximum absolute atomic E-state index is 12.0. The smallest absolute Gasteiger partial charge is 0.268 e. The molecule has 1 aromatic heterocycles. The molecule has 0 atom stereocenters. The lowest BCUT2D eigenvalue weighted by atomic mass is 10.1. The Kier molecular flexibility index (Phi) is 8.92. The van der Waals surface area contributed by atoms with Gasteiger partial charge in [-0.05, 0) is 26.3 Å². The van der Waals surface area contributed by atoms with Crippen LogP contribution < -0.4 is 10.6 Å². The Hall–Kier alpha value is -1.37. The summed E-state index contributed by atoms with van der Waals surface area (Å²) >= 11 is 0. The lowest BCUT2D eigenvalue weighted by Gasteiger charge is -2.06. The summed E-state index contributed by atoms with van der Waals surface area (Å²) in [5, 5.41) is 5.95. The van der Waals surface area contributed by atoms with Crippen molar-refractivity contribution in [1.29, 1.82) is 0 Å². The highest BCUT2D eigenvalue weighted by molar-refractivity contribution is 6.02. The molecule has 0 aliphatic rings. The standard InChI is InChI=1S/C14H23N3O3.ClH/c1-9-12(11(3)18)10(2)17-13(9)14(19)16-6-5-15-7-8-20-4;/h15,17H,5-8H2,1-4H3,(H,16,19);1H. The average Bonchev–Trinajstić information content (AvgIpc) is 2.68. The van der Waals surface area contributed by atoms with Gasteiger partial charge < -0.3 is 20.4 Å². The molecule has 120 valence electrons. The van der Waals surface area contributed by atoms with Gasteiger partial charge in [-0.25, -0.2) is 0 Å². The van der Waals surface area contributed by atoms with Crippen LogP contribution in [0, 0.1) is 13.8 Å². The molecule has 7 heteroatoms. The lowest BCUT2D eigenvalue weighted by molar-refractivity contribution is 0.0948. The average molecular weight is 318 g/mol. The Balaban J connectivity index is 0.00000400. The summed E-state index contributed by atoms with van der Waals surface area (Å²) in [4.78, 5) is 26.5. The van der Waals surface area contributed by atoms with Crippen molar-refractivity contribution in [1.82, 2.24) is 15.6 Å². The predicted octanol–water partition coefficient (Wildman–Crippen LogP) is 1.22. The van der Waals surface area contributed by atoms with Gasteiger partial charge in [0, 0.05) is 38.0 Å². The van der Waals surface area contributed by atoms with Crippen LogP contribution in [0.25, 0.3) is 0 Å². The minimum absolute atomic E-state index is 0. The number of aryl methyl sites for hydroxylation is 1. The highest BCUT2D eigenvalue weighted by Gasteiger charge is 2.19. The first-order valence-electron chi connectivity index (χ1n) is 6.67. The van der Waals surface area contributed by atoms with Gasteiger partial charge in [0.05, 0.1) is 6.61 Å². The number of ketones is 1. The molecule has 0 aliphatic heterocycles. The van der Waals surface area contributed by atoms with E-state index in [0.29, 0.717) is 36.5 Å². The zero-order valence-electron chi connectivity index (χ0n) is 13.0. The number of hydrogen-bond acceptors (Lipinski definition) is 4. The van der Waals surface area contributed by atoms with E-state index in [1.54, 1.807) is 21.0 Å². The number of halogens is 1. The van der Waals surface area contributed by atoms with Crippen LogP contribution in [-0.4, -0.2) is 50.0 Å². The van der Waals surface area contributed by atoms with E-state index in [1.807, 2.05) is 0 Å². The van der Waals surface area contributed by atoms with Crippen LogP contribution in [0.2, 0.25) is 0 Å². The van der Waals surface area contributed by atoms with Gasteiger partial charge in [-0.15, -0.1) is 12.4 Å². The van der Waals surface area contributed by atoms with Crippen LogP contribution in [0.1, 0.15) is 39.0 Å². The second-order valence-corrected chi connectivity index (χ2v) is 4.68. The minimum atomic E-state index is -0.188. The molecule has 1 aromatic rings. The van der Waals surface area contributed by atoms with Crippen LogP contribution in [0.4, 0.5) is 0 Å². The Morgan fingerprint density at radius 1 is 1.19 bits per heavy atom. The maximum atomic E-state index is 12.0. The number of carbonyl (C=O) groups is 2. The summed E-state index contributed by atoms with van der Waals surface area (Å²) < 4.78 is 4.91. The zero-order valence-corrected chi connectivity index (χ0v) is 13.8. The molecule has 6 nitrogen and oxygen atoms in total. The number of aromatic nitrogens is 1. The molecule has 0 aromatic carbocycles. The number of H-pyrrole nitrogens is 1. The molecule has 1 heterocycles. The molecule has 21 heavy (non-hydrogen) atoms. The predicted molar refractivity (Wildman–Crippen MR) is 84.6 cm³/mol. The van der Waals surface area contributed by atoms with Crippen molar-refractivity contribution in [2.45, 2.75) is 20.8 Å². The molecule has 0 saturated heterocycles. The number of aromatic amines is 1. The van der Waals surface area contributed by atoms with Crippen molar-refractivity contribution in [3.63, 3.8) is 0 Å². The molecule has 1 rings (SSSR count). The van der Waals surface area contributed by atoms with E-state index in [0.717, 1.165) is 12.2 Å². The third-order valence-corrected chi connectivity index (χ3v) is 3.09. The maximum Gasteiger partial charge on any atom is 0.268 e. The molecule has 0 aliphatic carbocycles. The van der Waals surface area contributed by atoms with Gasteiger partial charge in [0.2, 0.25) is 0 Å². The van der Waals surface area contributed by atoms with Crippen molar-refractivity contribution in [3.05, 3.63) is 22.5 Å². The van der Waals surface area contributed by atoms with Crippen LogP contribution in [-0.2, 0) is 4.74 Å². The Labute approximate surface area is 131 Å². The molecule has 0 bridgehead atoms. The largest absolute Gasteiger partial charge is 0.383 e. The van der Waals surface area contributed by atoms with Gasteiger partial charge >= 0.3 is 0 Å². The quantitative estimate of drug-likeness (QED) is 0.497. The normalized spacial score (nSPS) is 10.1. The minimum Gasteiger partial charge on any atom is -0.383 e. The van der Waals surface area contributed by atoms with Crippen molar-refractivity contribution in [3.8, 4) is 0 Å². The number of amides is 1. The zero-order chi connectivity index (χ0) is 15.1. The summed E-state index contributed by atoms with van der Waals surface area (Å²) in [7, 11) is 1.65. The fourth-order valence-corrected chi connectivity index (χ4v) is 2.16. The van der Waals surface area contributed by atoms with Gasteiger partial charge in [0.1, 0.15) is 5.69 Å². The van der Waals surface area contributed by atoms with Gasteiger partial charge in [-0.3, -0.25) is 9.59 Å². The van der Waals surface area contributed by atoms with Crippen molar-refractivity contribution >= 4 is 24.1 Å². The number of methoxy groups -OCH3 is 1. The highest BCUT2D eigenvalue weighted by Crippen LogP contribution is 2.18. The number of hydrogen-bond donors (Lipinski definition) is 3. The Morgan fingerprint density at radius 2 is 1.86 bits per heavy atom. The summed E-state index contributed by atoms with van der Waals surface area (Å²) in [5.74, 6) is -0.219. The molecule has 0 radical (unpaired) electrons. The molecular weight excluding hydrogens is 294 g/mol. The van der Waals surface area contributed by atoms with E-state index >= 15 is 0 Å². The van der Waals surface area contributed by atoms with Gasteiger partial charge in [0.15, 0.2) is 5.78 Å². The first-order valence-corrected chi connectivity index (χ1v) is 6.67. The Morgan fingerprint density at radius 3 is 2.38 bits per heavy atom. The van der Waals surface area contributed by atoms with E-state index in [9.17, 15) is 9.59 Å². The molecular formula is C14H24ClN3O3. The molecule has 0 fully saturated rings. The molecule has 1 amide bonds. The molecule has 3 N–H and O–H groups in total. The number of carbonyl (C=O) groups excluding carboxylic acids is 2. The summed E-state index contributed by atoms with van der Waals surface area (Å²) in [6, 6.07) is 0. The molecule has 0 unspecified atom stereocenters. The van der Waals surface area contributed by atoms with Crippen molar-refractivity contribution < 1.29 is 14.3 Å². The fraction of sp³-hybridized carbons (Fsp3) is 0.571. The van der Waals surface area contributed by atoms with E-state index in [4.69, 9.17) is 4.74 Å². The summed E-state index contributed by atoms with van der Waals surface area (Å²) in [5.41, 5.74) is 2.51. The van der Waals surface area contributed by atoms with Gasteiger partial charge in [-0.2, -0.15) is 0 Å². The van der Waals surface area contributed by atoms with Crippen molar-refractivity contribution in [2.24, 2.45) is 0 Å². The van der Waals surface area contributed by atoms with Crippen LogP contribution in [0.15, 0.2) is 0 Å². The highest BCUT2D eigenvalue weighted by atomic mass is 35.5. The number of Topliss-reactive ketones (excluding diaryl/α,β-unsaturated/α-hetero) is 1. The topological polar surface area (TPSA) is 83.2 Å². The Bertz CT molecular complexity index is 486. The van der Waals surface area contributed by atoms with E-state index < -0.39 is 0 Å². The molecule has 0 spiro atoms. The van der Waals surface area contributed by atoms with E-state index in [1.165, 1.54) is 6.92 Å². The first kappa shape index (κ1) is 19.6. The van der Waals surface area contributed by atoms with E-state index in [2.05, 4.69) is 15.6 Å². The second kappa shape index (κ2) is 9.55. The van der Waals surface area contributed by atoms with Crippen molar-refractivity contribution in [2.75, 3.05) is 33.4 Å². The monoisotopic (exact) mass is 317 g/mol. The molecule has 0 saturated carbocycles. The number of rotatable bonds is 8. The third kappa shape index (κ3) is 5.49. The number of nitrogens with one attached hydrogen (secondary N) is 3. The lowest BCUT2D eigenvalue weighted by Crippen LogP contribution is -2.33. The van der Waals surface area contributed by atoms with Gasteiger partial charge in [0.25, 0.3) is 5.91 Å². The van der Waals surface area contributed by atoms with E-state index in [-0.39, 0.29) is 24.1 Å². The van der Waals surface area contributed by atoms with Gasteiger partial charge in [-0.1, -0.05) is 0 Å². The van der Waals surface area contributed by atoms with Crippen LogP contribution in [0.3, 0.4) is 0 Å². The number of ether oxygens (including phenoxy) is 1. The van der Waals surface area contributed by atoms with Crippen LogP contribution in [0.5, 0.6) is 0 Å². The summed E-state index contributed by atoms with van der Waals surface area (Å²) in [6.07, 6.45) is 0. The SMILES string of the molecule is COCCNCCNC(=O)c1[nH]c(C)c(C(C)=O)c1C.Cl. The first-order chi connectivity index (χ1) is 9.49. The second-order valence-electron chi connectivity index (χ2n) is 4.68. The van der Waals surface area contributed by atoms with Crippen LogP contribution >= 0.6 is 12.4 Å². The fourth-order valence-electron chi connectivity index (χ4n) is 2.16. The third-order valence-electron chi connectivity index (χ3n) is 3.09. The summed E-state index contributed by atoms with van der Waals surface area (Å²) in [6.45, 7) is 7.68.